The Morgan fingerprint density at radius 3 is 2.59 bits per heavy atom. The van der Waals surface area contributed by atoms with Gasteiger partial charge in [0.05, 0.1) is 5.84 Å². The fourth-order valence-electron chi connectivity index (χ4n) is 2.61. The smallest absolute Gasteiger partial charge is 0.0963 e. The molecule has 0 radical (unpaired) electrons. The van der Waals surface area contributed by atoms with Crippen LogP contribution in [0, 0.1) is 16.2 Å². The van der Waals surface area contributed by atoms with Crippen LogP contribution in [0.1, 0.15) is 53.4 Å². The van der Waals surface area contributed by atoms with Crippen molar-refractivity contribution >= 4 is 5.84 Å². The molecule has 1 fully saturated rings. The normalized spacial score (nSPS) is 21.4. The number of hydrogen-bond donors (Lipinski definition) is 2. The lowest BCUT2D eigenvalue weighted by Crippen LogP contribution is -2.41. The van der Waals surface area contributed by atoms with E-state index in [0.717, 1.165) is 19.4 Å². The largest absolute Gasteiger partial charge is 0.387 e. The third-order valence-electron chi connectivity index (χ3n) is 3.98. The van der Waals surface area contributed by atoms with Crippen LogP contribution in [0.4, 0.5) is 0 Å². The molecule has 0 aromatic heterocycles. The molecule has 0 aliphatic carbocycles. The number of amidine groups is 1. The van der Waals surface area contributed by atoms with Gasteiger partial charge in [-0.05, 0) is 44.2 Å². The molecular formula is C14H29N3. The maximum atomic E-state index is 7.55. The average molecular weight is 239 g/mol. The second kappa shape index (κ2) is 5.38. The number of nitrogens with zero attached hydrogens (tertiary/aromatic N) is 1. The van der Waals surface area contributed by atoms with Crippen LogP contribution in [0.5, 0.6) is 0 Å². The standard InChI is InChI=1S/C14H29N3/c1-13(2)7-5-9-17(11-13)10-6-8-14(3,4)12(15)16/h5-11H2,1-4H3,(H3,15,16). The lowest BCUT2D eigenvalue weighted by molar-refractivity contribution is 0.114. The van der Waals surface area contributed by atoms with Crippen LogP contribution in [0.15, 0.2) is 0 Å². The van der Waals surface area contributed by atoms with Crippen molar-refractivity contribution in [3.63, 3.8) is 0 Å². The van der Waals surface area contributed by atoms with E-state index in [2.05, 4.69) is 32.6 Å². The molecule has 0 aromatic rings. The van der Waals surface area contributed by atoms with Gasteiger partial charge in [0, 0.05) is 12.0 Å². The molecule has 17 heavy (non-hydrogen) atoms. The van der Waals surface area contributed by atoms with Crippen molar-refractivity contribution < 1.29 is 0 Å². The van der Waals surface area contributed by atoms with E-state index in [9.17, 15) is 0 Å². The molecule has 1 heterocycles. The van der Waals surface area contributed by atoms with Crippen molar-refractivity contribution in [3.05, 3.63) is 0 Å². The van der Waals surface area contributed by atoms with Gasteiger partial charge in [-0.15, -0.1) is 0 Å². The molecular weight excluding hydrogens is 210 g/mol. The van der Waals surface area contributed by atoms with Crippen molar-refractivity contribution in [3.8, 4) is 0 Å². The first kappa shape index (κ1) is 14.5. The van der Waals surface area contributed by atoms with E-state index in [0.29, 0.717) is 11.3 Å². The number of hydrogen-bond acceptors (Lipinski definition) is 2. The van der Waals surface area contributed by atoms with E-state index in [-0.39, 0.29) is 5.41 Å². The molecule has 1 aliphatic heterocycles. The second-order valence-corrected chi connectivity index (χ2v) is 6.95. The minimum absolute atomic E-state index is 0.134. The Labute approximate surface area is 106 Å². The maximum Gasteiger partial charge on any atom is 0.0963 e. The number of likely N-dealkylation sites (tertiary alicyclic amines) is 1. The van der Waals surface area contributed by atoms with E-state index in [4.69, 9.17) is 11.1 Å². The van der Waals surface area contributed by atoms with Gasteiger partial charge in [-0.3, -0.25) is 5.41 Å². The van der Waals surface area contributed by atoms with Gasteiger partial charge in [0.25, 0.3) is 0 Å². The highest BCUT2D eigenvalue weighted by atomic mass is 15.1. The van der Waals surface area contributed by atoms with Crippen molar-refractivity contribution in [2.24, 2.45) is 16.6 Å². The minimum atomic E-state index is -0.134. The van der Waals surface area contributed by atoms with Crippen molar-refractivity contribution in [2.45, 2.75) is 53.4 Å². The van der Waals surface area contributed by atoms with Crippen LogP contribution in [0.3, 0.4) is 0 Å². The molecule has 0 amide bonds. The summed E-state index contributed by atoms with van der Waals surface area (Å²) in [6, 6.07) is 0. The molecule has 0 aromatic carbocycles. The van der Waals surface area contributed by atoms with E-state index in [1.54, 1.807) is 0 Å². The molecule has 1 aliphatic rings. The van der Waals surface area contributed by atoms with Gasteiger partial charge in [-0.2, -0.15) is 0 Å². The van der Waals surface area contributed by atoms with E-state index in [1.165, 1.54) is 25.9 Å². The molecule has 1 saturated heterocycles. The van der Waals surface area contributed by atoms with Crippen LogP contribution in [0.25, 0.3) is 0 Å². The maximum absolute atomic E-state index is 7.55. The van der Waals surface area contributed by atoms with Crippen molar-refractivity contribution in [1.82, 2.24) is 4.90 Å². The topological polar surface area (TPSA) is 53.1 Å². The monoisotopic (exact) mass is 239 g/mol. The Morgan fingerprint density at radius 1 is 1.41 bits per heavy atom. The predicted octanol–water partition coefficient (Wildman–Crippen LogP) is 2.85. The predicted molar refractivity (Wildman–Crippen MR) is 74.4 cm³/mol. The molecule has 0 unspecified atom stereocenters. The van der Waals surface area contributed by atoms with Gasteiger partial charge in [0.2, 0.25) is 0 Å². The summed E-state index contributed by atoms with van der Waals surface area (Å²) in [4.78, 5) is 2.57. The lowest BCUT2D eigenvalue weighted by Gasteiger charge is -2.38. The Bertz CT molecular complexity index is 269. The third-order valence-corrected chi connectivity index (χ3v) is 3.98. The van der Waals surface area contributed by atoms with Gasteiger partial charge in [0.15, 0.2) is 0 Å². The van der Waals surface area contributed by atoms with Gasteiger partial charge in [-0.25, -0.2) is 0 Å². The number of rotatable bonds is 5. The zero-order valence-corrected chi connectivity index (χ0v) is 12.0. The molecule has 0 atom stereocenters. The van der Waals surface area contributed by atoms with Crippen LogP contribution >= 0.6 is 0 Å². The second-order valence-electron chi connectivity index (χ2n) is 6.95. The number of nitrogens with one attached hydrogen (secondary N) is 1. The number of nitrogens with two attached hydrogens (primary N) is 1. The summed E-state index contributed by atoms with van der Waals surface area (Å²) >= 11 is 0. The summed E-state index contributed by atoms with van der Waals surface area (Å²) < 4.78 is 0. The summed E-state index contributed by atoms with van der Waals surface area (Å²) in [7, 11) is 0. The quantitative estimate of drug-likeness (QED) is 0.572. The van der Waals surface area contributed by atoms with Crippen molar-refractivity contribution in [2.75, 3.05) is 19.6 Å². The van der Waals surface area contributed by atoms with Gasteiger partial charge >= 0.3 is 0 Å². The fraction of sp³-hybridized carbons (Fsp3) is 0.929. The molecule has 3 nitrogen and oxygen atoms in total. The van der Waals surface area contributed by atoms with Crippen LogP contribution < -0.4 is 5.73 Å². The lowest BCUT2D eigenvalue weighted by atomic mass is 9.83. The summed E-state index contributed by atoms with van der Waals surface area (Å²) in [5.41, 5.74) is 5.95. The summed E-state index contributed by atoms with van der Waals surface area (Å²) in [5, 5.41) is 7.55. The van der Waals surface area contributed by atoms with Gasteiger partial charge in [-0.1, -0.05) is 27.7 Å². The first-order chi connectivity index (χ1) is 7.73. The number of piperidine rings is 1. The Kier molecular flexibility index (Phi) is 4.59. The molecule has 0 spiro atoms. The van der Waals surface area contributed by atoms with E-state index in [1.807, 2.05) is 0 Å². The average Bonchev–Trinajstić information content (AvgIpc) is 2.15. The molecule has 3 N–H and O–H groups in total. The summed E-state index contributed by atoms with van der Waals surface area (Å²) in [6.07, 6.45) is 4.83. The zero-order valence-electron chi connectivity index (χ0n) is 12.0. The highest BCUT2D eigenvalue weighted by Gasteiger charge is 2.27. The highest BCUT2D eigenvalue weighted by molar-refractivity contribution is 5.82. The molecule has 100 valence electrons. The first-order valence-corrected chi connectivity index (χ1v) is 6.80. The van der Waals surface area contributed by atoms with Crippen LogP contribution in [0.2, 0.25) is 0 Å². The van der Waals surface area contributed by atoms with Gasteiger partial charge < -0.3 is 10.6 Å². The zero-order chi connectivity index (χ0) is 13.1. The minimum Gasteiger partial charge on any atom is -0.387 e. The van der Waals surface area contributed by atoms with Gasteiger partial charge in [0.1, 0.15) is 0 Å². The fourth-order valence-corrected chi connectivity index (χ4v) is 2.61. The van der Waals surface area contributed by atoms with Crippen LogP contribution in [-0.2, 0) is 0 Å². The summed E-state index contributed by atoms with van der Waals surface area (Å²) in [5.74, 6) is 0.316. The third kappa shape index (κ3) is 4.66. The van der Waals surface area contributed by atoms with E-state index >= 15 is 0 Å². The molecule has 1 rings (SSSR count). The van der Waals surface area contributed by atoms with Crippen molar-refractivity contribution in [1.29, 1.82) is 5.41 Å². The Balaban J connectivity index is 2.30. The Morgan fingerprint density at radius 2 is 2.06 bits per heavy atom. The summed E-state index contributed by atoms with van der Waals surface area (Å²) in [6.45, 7) is 12.5. The van der Waals surface area contributed by atoms with Crippen LogP contribution in [-0.4, -0.2) is 30.4 Å². The molecule has 0 bridgehead atoms. The Hall–Kier alpha value is -0.570. The highest BCUT2D eigenvalue weighted by Crippen LogP contribution is 2.29. The SMILES string of the molecule is CC1(C)CCCN(CCCC(C)(C)C(=N)N)C1. The molecule has 3 heteroatoms. The molecule has 0 saturated carbocycles. The first-order valence-electron chi connectivity index (χ1n) is 6.80. The van der Waals surface area contributed by atoms with E-state index < -0.39 is 0 Å².